The number of para-hydroxylation sites is 1. The molecule has 1 amide bonds. The van der Waals surface area contributed by atoms with Crippen molar-refractivity contribution in [2.75, 3.05) is 24.2 Å². The molecule has 0 unspecified atom stereocenters. The second-order valence-corrected chi connectivity index (χ2v) is 9.28. The van der Waals surface area contributed by atoms with Gasteiger partial charge in [0.25, 0.3) is 5.56 Å². The van der Waals surface area contributed by atoms with Crippen LogP contribution in [0.1, 0.15) is 25.5 Å². The Morgan fingerprint density at radius 1 is 1.25 bits per heavy atom. The van der Waals surface area contributed by atoms with Crippen molar-refractivity contribution in [3.63, 3.8) is 0 Å². The molecule has 1 aliphatic rings. The smallest absolute Gasteiger partial charge is 0.295 e. The van der Waals surface area contributed by atoms with Crippen molar-refractivity contribution >= 4 is 21.6 Å². The van der Waals surface area contributed by atoms with Gasteiger partial charge in [0.15, 0.2) is 0 Å². The molecule has 0 radical (unpaired) electrons. The first-order valence-corrected chi connectivity index (χ1v) is 11.0. The lowest BCUT2D eigenvalue weighted by atomic mass is 9.99. The molecule has 0 saturated carbocycles. The van der Waals surface area contributed by atoms with Gasteiger partial charge in [0.1, 0.15) is 5.69 Å². The Labute approximate surface area is 164 Å². The summed E-state index contributed by atoms with van der Waals surface area (Å²) >= 11 is 0. The van der Waals surface area contributed by atoms with Crippen molar-refractivity contribution in [1.29, 1.82) is 0 Å². The maximum absolute atomic E-state index is 12.9. The fourth-order valence-electron chi connectivity index (χ4n) is 3.53. The maximum Gasteiger partial charge on any atom is 0.295 e. The summed E-state index contributed by atoms with van der Waals surface area (Å²) in [6, 6.07) is 9.19. The summed E-state index contributed by atoms with van der Waals surface area (Å²) in [5.74, 6) is -0.776. The average Bonchev–Trinajstić information content (AvgIpc) is 2.92. The third-order valence-corrected chi connectivity index (χ3v) is 7.16. The third kappa shape index (κ3) is 3.77. The molecule has 1 saturated heterocycles. The summed E-state index contributed by atoms with van der Waals surface area (Å²) in [7, 11) is -1.57. The highest BCUT2D eigenvalue weighted by molar-refractivity contribution is 7.89. The predicted molar refractivity (Wildman–Crippen MR) is 108 cm³/mol. The molecular formula is C19H26N4O4S. The highest BCUT2D eigenvalue weighted by atomic mass is 32.2. The van der Waals surface area contributed by atoms with Gasteiger partial charge in [-0.05, 0) is 38.8 Å². The van der Waals surface area contributed by atoms with Gasteiger partial charge in [-0.2, -0.15) is 0 Å². The molecule has 0 bridgehead atoms. The summed E-state index contributed by atoms with van der Waals surface area (Å²) < 4.78 is 28.8. The van der Waals surface area contributed by atoms with Gasteiger partial charge in [-0.15, -0.1) is 0 Å². The van der Waals surface area contributed by atoms with E-state index >= 15 is 0 Å². The van der Waals surface area contributed by atoms with Crippen LogP contribution in [-0.2, 0) is 21.9 Å². The van der Waals surface area contributed by atoms with Crippen molar-refractivity contribution in [3.8, 4) is 5.69 Å². The molecule has 28 heavy (non-hydrogen) atoms. The summed E-state index contributed by atoms with van der Waals surface area (Å²) in [6.07, 6.45) is 1.22. The molecule has 152 valence electrons. The summed E-state index contributed by atoms with van der Waals surface area (Å²) in [5.41, 5.74) is 1.26. The second kappa shape index (κ2) is 7.92. The molecule has 2 heterocycles. The zero-order valence-corrected chi connectivity index (χ0v) is 17.2. The number of benzene rings is 1. The van der Waals surface area contributed by atoms with Crippen LogP contribution >= 0.6 is 0 Å². The largest absolute Gasteiger partial charge is 0.320 e. The predicted octanol–water partition coefficient (Wildman–Crippen LogP) is 1.48. The quantitative estimate of drug-likeness (QED) is 0.814. The first-order chi connectivity index (χ1) is 13.3. The molecule has 1 N–H and O–H groups in total. The topological polar surface area (TPSA) is 93.4 Å². The molecule has 8 nitrogen and oxygen atoms in total. The Balaban J connectivity index is 1.84. The van der Waals surface area contributed by atoms with Crippen molar-refractivity contribution in [3.05, 3.63) is 46.4 Å². The van der Waals surface area contributed by atoms with E-state index in [9.17, 15) is 18.0 Å². The highest BCUT2D eigenvalue weighted by Crippen LogP contribution is 2.22. The van der Waals surface area contributed by atoms with E-state index in [1.54, 1.807) is 25.6 Å². The average molecular weight is 407 g/mol. The van der Waals surface area contributed by atoms with E-state index < -0.39 is 15.9 Å². The normalized spacial score (nSPS) is 18.2. The molecule has 1 fully saturated rings. The van der Waals surface area contributed by atoms with Gasteiger partial charge in [0.2, 0.25) is 15.9 Å². The fourth-order valence-corrected chi connectivity index (χ4v) is 4.71. The van der Waals surface area contributed by atoms with Gasteiger partial charge in [0, 0.05) is 20.1 Å². The van der Waals surface area contributed by atoms with Crippen LogP contribution in [0.5, 0.6) is 0 Å². The van der Waals surface area contributed by atoms with E-state index in [0.29, 0.717) is 30.8 Å². The minimum Gasteiger partial charge on any atom is -0.320 e. The van der Waals surface area contributed by atoms with E-state index in [1.807, 2.05) is 30.3 Å². The Morgan fingerprint density at radius 3 is 2.57 bits per heavy atom. The van der Waals surface area contributed by atoms with Crippen LogP contribution in [0.25, 0.3) is 5.69 Å². The maximum atomic E-state index is 12.9. The van der Waals surface area contributed by atoms with E-state index in [2.05, 4.69) is 5.32 Å². The molecule has 1 atom stereocenters. The van der Waals surface area contributed by atoms with Crippen molar-refractivity contribution in [2.24, 2.45) is 13.0 Å². The van der Waals surface area contributed by atoms with E-state index in [4.69, 9.17) is 0 Å². The van der Waals surface area contributed by atoms with E-state index in [-0.39, 0.29) is 29.5 Å². The molecule has 0 spiro atoms. The molecule has 3 rings (SSSR count). The van der Waals surface area contributed by atoms with Crippen molar-refractivity contribution in [2.45, 2.75) is 26.7 Å². The lowest BCUT2D eigenvalue weighted by Gasteiger charge is -2.30. The fraction of sp³-hybridized carbons (Fsp3) is 0.474. The number of nitrogens with one attached hydrogen (secondary N) is 1. The number of sulfonamides is 1. The number of piperidine rings is 1. The van der Waals surface area contributed by atoms with Crippen LogP contribution in [0.15, 0.2) is 35.1 Å². The van der Waals surface area contributed by atoms with Crippen LogP contribution in [0, 0.1) is 12.8 Å². The van der Waals surface area contributed by atoms with Crippen LogP contribution in [-0.4, -0.2) is 46.8 Å². The zero-order chi connectivity index (χ0) is 20.5. The Morgan fingerprint density at radius 2 is 1.93 bits per heavy atom. The van der Waals surface area contributed by atoms with Crippen LogP contribution in [0.3, 0.4) is 0 Å². The summed E-state index contributed by atoms with van der Waals surface area (Å²) in [5, 5.41) is 2.75. The van der Waals surface area contributed by atoms with Crippen LogP contribution in [0.2, 0.25) is 0 Å². The van der Waals surface area contributed by atoms with Gasteiger partial charge in [-0.25, -0.2) is 17.4 Å². The molecule has 0 aliphatic carbocycles. The zero-order valence-electron chi connectivity index (χ0n) is 16.4. The summed E-state index contributed by atoms with van der Waals surface area (Å²) in [6.45, 7) is 3.95. The van der Waals surface area contributed by atoms with Crippen molar-refractivity contribution < 1.29 is 13.2 Å². The number of rotatable bonds is 5. The van der Waals surface area contributed by atoms with Crippen LogP contribution in [0.4, 0.5) is 5.69 Å². The number of hydrogen-bond donors (Lipinski definition) is 1. The lowest BCUT2D eigenvalue weighted by molar-refractivity contribution is -0.120. The minimum atomic E-state index is -3.33. The monoisotopic (exact) mass is 406 g/mol. The number of carbonyl (C=O) groups excluding carboxylic acids is 1. The lowest BCUT2D eigenvalue weighted by Crippen LogP contribution is -2.44. The first-order valence-electron chi connectivity index (χ1n) is 9.39. The summed E-state index contributed by atoms with van der Waals surface area (Å²) in [4.78, 5) is 25.7. The number of amides is 1. The Bertz CT molecular complexity index is 1020. The Hall–Kier alpha value is -2.39. The first kappa shape index (κ1) is 20.3. The van der Waals surface area contributed by atoms with E-state index in [1.165, 1.54) is 8.99 Å². The SMILES string of the molecule is CCS(=O)(=O)N1CCC[C@@H](C(=O)Nc2c(C)n(C)n(-c3ccccc3)c2=O)C1. The third-order valence-electron chi connectivity index (χ3n) is 5.32. The molecule has 2 aromatic rings. The highest BCUT2D eigenvalue weighted by Gasteiger charge is 2.32. The van der Waals surface area contributed by atoms with Gasteiger partial charge in [-0.1, -0.05) is 18.2 Å². The van der Waals surface area contributed by atoms with Gasteiger partial charge in [-0.3, -0.25) is 14.3 Å². The molecule has 1 aliphatic heterocycles. The molecule has 1 aromatic carbocycles. The minimum absolute atomic E-state index is 0.0148. The Kier molecular flexibility index (Phi) is 5.76. The standard InChI is InChI=1S/C19H26N4O4S/c1-4-28(26,27)22-12-8-9-15(13-22)18(24)20-17-14(2)21(3)23(19(17)25)16-10-6-5-7-11-16/h5-7,10-11,15H,4,8-9,12-13H2,1-3H3,(H,20,24)/t15-/m1/s1. The number of anilines is 1. The molecule has 9 heteroatoms. The van der Waals surface area contributed by atoms with Gasteiger partial charge < -0.3 is 5.32 Å². The second-order valence-electron chi connectivity index (χ2n) is 7.02. The van der Waals surface area contributed by atoms with E-state index in [0.717, 1.165) is 0 Å². The molecular weight excluding hydrogens is 380 g/mol. The van der Waals surface area contributed by atoms with Gasteiger partial charge in [0.05, 0.1) is 23.1 Å². The number of carbonyl (C=O) groups is 1. The van der Waals surface area contributed by atoms with Gasteiger partial charge >= 0.3 is 0 Å². The number of aromatic nitrogens is 2. The van der Waals surface area contributed by atoms with Crippen molar-refractivity contribution in [1.82, 2.24) is 13.7 Å². The molecule has 1 aromatic heterocycles. The van der Waals surface area contributed by atoms with Crippen LogP contribution < -0.4 is 10.9 Å². The number of hydrogen-bond acceptors (Lipinski definition) is 4. The number of nitrogens with zero attached hydrogens (tertiary/aromatic N) is 3.